The second-order valence-electron chi connectivity index (χ2n) is 3.85. The predicted molar refractivity (Wildman–Crippen MR) is 69.2 cm³/mol. The maximum Gasteiger partial charge on any atom is 0.246 e. The van der Waals surface area contributed by atoms with E-state index in [9.17, 15) is 10.1 Å². The van der Waals surface area contributed by atoms with Gasteiger partial charge >= 0.3 is 0 Å². The summed E-state index contributed by atoms with van der Waals surface area (Å²) in [5, 5.41) is 13.0. The van der Waals surface area contributed by atoms with Gasteiger partial charge in [-0.1, -0.05) is 43.3 Å². The standard InChI is InChI=1S/C14H13NO2/c1-2-14(15(16)17)10-11-7-8-12-5-3-4-6-13(12)9-11/h3-10H,2H2,1H3/b14-10-. The van der Waals surface area contributed by atoms with E-state index in [1.54, 1.807) is 13.0 Å². The molecule has 0 amide bonds. The first kappa shape index (κ1) is 11.3. The lowest BCUT2D eigenvalue weighted by atomic mass is 10.1. The van der Waals surface area contributed by atoms with Gasteiger partial charge in [0.15, 0.2) is 0 Å². The van der Waals surface area contributed by atoms with Crippen LogP contribution in [0.25, 0.3) is 16.8 Å². The molecule has 0 N–H and O–H groups in total. The van der Waals surface area contributed by atoms with Crippen LogP contribution in [0.5, 0.6) is 0 Å². The van der Waals surface area contributed by atoms with Crippen LogP contribution in [0.2, 0.25) is 0 Å². The molecule has 0 aromatic heterocycles. The lowest BCUT2D eigenvalue weighted by Gasteiger charge is -1.99. The highest BCUT2D eigenvalue weighted by Crippen LogP contribution is 2.18. The molecule has 0 radical (unpaired) electrons. The minimum atomic E-state index is -0.324. The van der Waals surface area contributed by atoms with Crippen LogP contribution in [0.3, 0.4) is 0 Å². The van der Waals surface area contributed by atoms with Gasteiger partial charge in [-0.25, -0.2) is 0 Å². The van der Waals surface area contributed by atoms with E-state index in [0.29, 0.717) is 6.42 Å². The van der Waals surface area contributed by atoms with Gasteiger partial charge in [0.05, 0.1) is 4.92 Å². The first-order valence-corrected chi connectivity index (χ1v) is 5.54. The minimum Gasteiger partial charge on any atom is -0.259 e. The van der Waals surface area contributed by atoms with Gasteiger partial charge in [0, 0.05) is 12.5 Å². The minimum absolute atomic E-state index is 0.236. The van der Waals surface area contributed by atoms with Crippen molar-refractivity contribution < 1.29 is 4.92 Å². The fraction of sp³-hybridized carbons (Fsp3) is 0.143. The molecule has 0 saturated heterocycles. The fourth-order valence-corrected chi connectivity index (χ4v) is 1.77. The van der Waals surface area contributed by atoms with Crippen LogP contribution in [-0.2, 0) is 0 Å². The molecule has 0 aliphatic heterocycles. The van der Waals surface area contributed by atoms with E-state index < -0.39 is 0 Å². The van der Waals surface area contributed by atoms with Crippen LogP contribution in [0.1, 0.15) is 18.9 Å². The van der Waals surface area contributed by atoms with Crippen molar-refractivity contribution in [3.8, 4) is 0 Å². The van der Waals surface area contributed by atoms with Gasteiger partial charge in [-0.3, -0.25) is 10.1 Å². The Kier molecular flexibility index (Phi) is 3.19. The summed E-state index contributed by atoms with van der Waals surface area (Å²) >= 11 is 0. The molecule has 2 aromatic carbocycles. The number of nitro groups is 1. The van der Waals surface area contributed by atoms with Crippen LogP contribution in [0.4, 0.5) is 0 Å². The Morgan fingerprint density at radius 2 is 1.94 bits per heavy atom. The quantitative estimate of drug-likeness (QED) is 0.590. The molecular formula is C14H13NO2. The fourth-order valence-electron chi connectivity index (χ4n) is 1.77. The average molecular weight is 227 g/mol. The Hall–Kier alpha value is -2.16. The molecule has 0 unspecified atom stereocenters. The van der Waals surface area contributed by atoms with Crippen LogP contribution >= 0.6 is 0 Å². The third-order valence-corrected chi connectivity index (χ3v) is 2.70. The highest BCUT2D eigenvalue weighted by atomic mass is 16.6. The monoisotopic (exact) mass is 227 g/mol. The van der Waals surface area contributed by atoms with E-state index in [1.807, 2.05) is 42.5 Å². The summed E-state index contributed by atoms with van der Waals surface area (Å²) in [6.45, 7) is 1.79. The van der Waals surface area contributed by atoms with Crippen LogP contribution in [0, 0.1) is 10.1 Å². The van der Waals surface area contributed by atoms with Crippen molar-refractivity contribution in [2.75, 3.05) is 0 Å². The maximum absolute atomic E-state index is 10.7. The molecule has 0 spiro atoms. The SMILES string of the molecule is CC/C(=C/c1ccc2ccccc2c1)[N+](=O)[O-]. The highest BCUT2D eigenvalue weighted by Gasteiger charge is 2.06. The summed E-state index contributed by atoms with van der Waals surface area (Å²) in [5.74, 6) is 0. The lowest BCUT2D eigenvalue weighted by molar-refractivity contribution is -0.425. The van der Waals surface area contributed by atoms with Crippen molar-refractivity contribution in [3.05, 3.63) is 63.8 Å². The van der Waals surface area contributed by atoms with Gasteiger partial charge in [0.1, 0.15) is 0 Å². The van der Waals surface area contributed by atoms with E-state index >= 15 is 0 Å². The normalized spacial score (nSPS) is 11.7. The molecule has 0 aliphatic rings. The highest BCUT2D eigenvalue weighted by molar-refractivity contribution is 5.84. The van der Waals surface area contributed by atoms with Gasteiger partial charge in [-0.05, 0) is 22.4 Å². The van der Waals surface area contributed by atoms with Gasteiger partial charge in [0.2, 0.25) is 5.70 Å². The van der Waals surface area contributed by atoms with Gasteiger partial charge < -0.3 is 0 Å². The zero-order valence-corrected chi connectivity index (χ0v) is 9.59. The summed E-state index contributed by atoms with van der Waals surface area (Å²) in [7, 11) is 0. The molecule has 2 rings (SSSR count). The third-order valence-electron chi connectivity index (χ3n) is 2.70. The summed E-state index contributed by atoms with van der Waals surface area (Å²) in [6.07, 6.45) is 2.06. The maximum atomic E-state index is 10.7. The van der Waals surface area contributed by atoms with Gasteiger partial charge in [0.25, 0.3) is 0 Å². The molecule has 0 bridgehead atoms. The number of benzene rings is 2. The first-order valence-electron chi connectivity index (χ1n) is 5.54. The van der Waals surface area contributed by atoms with Crippen molar-refractivity contribution in [2.24, 2.45) is 0 Å². The predicted octanol–water partition coefficient (Wildman–Crippen LogP) is 3.87. The number of nitrogens with zero attached hydrogens (tertiary/aromatic N) is 1. The van der Waals surface area contributed by atoms with E-state index in [0.717, 1.165) is 16.3 Å². The van der Waals surface area contributed by atoms with Crippen LogP contribution in [0.15, 0.2) is 48.2 Å². The summed E-state index contributed by atoms with van der Waals surface area (Å²) in [4.78, 5) is 10.4. The van der Waals surface area contributed by atoms with Gasteiger partial charge in [-0.15, -0.1) is 0 Å². The molecule has 3 nitrogen and oxygen atoms in total. The van der Waals surface area contributed by atoms with Crippen molar-refractivity contribution in [3.63, 3.8) is 0 Å². The molecule has 2 aromatic rings. The molecular weight excluding hydrogens is 214 g/mol. The van der Waals surface area contributed by atoms with Crippen LogP contribution in [-0.4, -0.2) is 4.92 Å². The number of allylic oxidation sites excluding steroid dienone is 1. The van der Waals surface area contributed by atoms with E-state index in [1.165, 1.54) is 0 Å². The number of hydrogen-bond donors (Lipinski definition) is 0. The van der Waals surface area contributed by atoms with Gasteiger partial charge in [-0.2, -0.15) is 0 Å². The largest absolute Gasteiger partial charge is 0.259 e. The van der Waals surface area contributed by atoms with E-state index in [-0.39, 0.29) is 10.6 Å². The third kappa shape index (κ3) is 2.50. The summed E-state index contributed by atoms with van der Waals surface area (Å²) in [6, 6.07) is 13.8. The molecule has 0 atom stereocenters. The van der Waals surface area contributed by atoms with Crippen LogP contribution < -0.4 is 0 Å². The van der Waals surface area contributed by atoms with Crippen molar-refractivity contribution in [1.82, 2.24) is 0 Å². The molecule has 17 heavy (non-hydrogen) atoms. The Morgan fingerprint density at radius 1 is 1.24 bits per heavy atom. The topological polar surface area (TPSA) is 43.1 Å². The molecule has 0 aliphatic carbocycles. The zero-order valence-electron chi connectivity index (χ0n) is 9.59. The summed E-state index contributed by atoms with van der Waals surface area (Å²) in [5.41, 5.74) is 1.11. The second-order valence-corrected chi connectivity index (χ2v) is 3.85. The van der Waals surface area contributed by atoms with Crippen molar-refractivity contribution in [2.45, 2.75) is 13.3 Å². The van der Waals surface area contributed by atoms with E-state index in [4.69, 9.17) is 0 Å². The Bertz CT molecular complexity index is 588. The smallest absolute Gasteiger partial charge is 0.246 e. The zero-order chi connectivity index (χ0) is 12.3. The Balaban J connectivity index is 2.46. The average Bonchev–Trinajstić information content (AvgIpc) is 2.35. The molecule has 0 fully saturated rings. The van der Waals surface area contributed by atoms with Crippen molar-refractivity contribution in [1.29, 1.82) is 0 Å². The molecule has 0 saturated carbocycles. The second kappa shape index (κ2) is 4.78. The number of fused-ring (bicyclic) bond motifs is 1. The first-order chi connectivity index (χ1) is 8.20. The Morgan fingerprint density at radius 3 is 2.59 bits per heavy atom. The summed E-state index contributed by atoms with van der Waals surface area (Å²) < 4.78 is 0. The number of rotatable bonds is 3. The molecule has 0 heterocycles. The van der Waals surface area contributed by atoms with E-state index in [2.05, 4.69) is 0 Å². The molecule has 3 heteroatoms. The molecule has 86 valence electrons. The Labute approximate surface area is 99.5 Å². The lowest BCUT2D eigenvalue weighted by Crippen LogP contribution is -1.96. The van der Waals surface area contributed by atoms with Crippen molar-refractivity contribution >= 4 is 16.8 Å². The number of hydrogen-bond acceptors (Lipinski definition) is 2.